The fourth-order valence-electron chi connectivity index (χ4n) is 3.42. The van der Waals surface area contributed by atoms with Crippen LogP contribution in [0.2, 0.25) is 0 Å². The van der Waals surface area contributed by atoms with Crippen molar-refractivity contribution in [3.63, 3.8) is 0 Å². The first-order valence-corrected chi connectivity index (χ1v) is 9.98. The molecule has 1 aromatic heterocycles. The highest BCUT2D eigenvalue weighted by Crippen LogP contribution is 2.29. The summed E-state index contributed by atoms with van der Waals surface area (Å²) in [6, 6.07) is 17.4. The minimum Gasteiger partial charge on any atom is -0.347 e. The lowest BCUT2D eigenvalue weighted by atomic mass is 10.1. The molecular weight excluding hydrogens is 326 g/mol. The fourth-order valence-corrected chi connectivity index (χ4v) is 4.44. The SMILES string of the molecule is Cc1ccc(CCN2CCCN(c3nc4ccccc4s3)CC2)cc1. The third-order valence-corrected chi connectivity index (χ3v) is 6.08. The van der Waals surface area contributed by atoms with E-state index in [-0.39, 0.29) is 0 Å². The Kier molecular flexibility index (Phi) is 4.99. The van der Waals surface area contributed by atoms with E-state index in [4.69, 9.17) is 4.98 Å². The number of hydrogen-bond donors (Lipinski definition) is 0. The van der Waals surface area contributed by atoms with Crippen molar-refractivity contribution in [2.75, 3.05) is 37.6 Å². The van der Waals surface area contributed by atoms with Gasteiger partial charge in [0.25, 0.3) is 0 Å². The monoisotopic (exact) mass is 351 g/mol. The summed E-state index contributed by atoms with van der Waals surface area (Å²) in [4.78, 5) is 9.90. The number of thiazole rings is 1. The molecule has 0 unspecified atom stereocenters. The molecule has 3 nitrogen and oxygen atoms in total. The fraction of sp³-hybridized carbons (Fsp3) is 0.381. The van der Waals surface area contributed by atoms with E-state index in [1.54, 1.807) is 0 Å². The van der Waals surface area contributed by atoms with Crippen LogP contribution in [0.25, 0.3) is 10.2 Å². The first-order chi connectivity index (χ1) is 12.3. The Hall–Kier alpha value is -1.91. The number of fused-ring (bicyclic) bond motifs is 1. The molecule has 0 bridgehead atoms. The third-order valence-electron chi connectivity index (χ3n) is 4.98. The van der Waals surface area contributed by atoms with Crippen LogP contribution in [0.5, 0.6) is 0 Å². The van der Waals surface area contributed by atoms with Gasteiger partial charge in [0.15, 0.2) is 5.13 Å². The van der Waals surface area contributed by atoms with E-state index in [2.05, 4.69) is 65.3 Å². The smallest absolute Gasteiger partial charge is 0.186 e. The van der Waals surface area contributed by atoms with Crippen LogP contribution in [0, 0.1) is 6.92 Å². The molecule has 0 amide bonds. The number of benzene rings is 2. The molecule has 0 radical (unpaired) electrons. The molecule has 2 aromatic carbocycles. The second-order valence-electron chi connectivity index (χ2n) is 6.88. The van der Waals surface area contributed by atoms with Gasteiger partial charge in [-0.1, -0.05) is 53.3 Å². The van der Waals surface area contributed by atoms with E-state index in [9.17, 15) is 0 Å². The number of hydrogen-bond acceptors (Lipinski definition) is 4. The molecule has 1 saturated heterocycles. The summed E-state index contributed by atoms with van der Waals surface area (Å²) in [5.74, 6) is 0. The predicted octanol–water partition coefficient (Wildman–Crippen LogP) is 4.36. The molecule has 4 heteroatoms. The molecule has 1 aliphatic rings. The molecule has 0 aliphatic carbocycles. The first-order valence-electron chi connectivity index (χ1n) is 9.16. The maximum absolute atomic E-state index is 4.83. The van der Waals surface area contributed by atoms with Crippen LogP contribution in [-0.4, -0.2) is 42.6 Å². The lowest BCUT2D eigenvalue weighted by Crippen LogP contribution is -2.32. The molecule has 0 saturated carbocycles. The molecule has 2 heterocycles. The maximum Gasteiger partial charge on any atom is 0.186 e. The van der Waals surface area contributed by atoms with Gasteiger partial charge < -0.3 is 9.80 Å². The summed E-state index contributed by atoms with van der Waals surface area (Å²) < 4.78 is 1.29. The molecule has 0 N–H and O–H groups in total. The van der Waals surface area contributed by atoms with Crippen LogP contribution >= 0.6 is 11.3 Å². The molecule has 0 spiro atoms. The first kappa shape index (κ1) is 16.6. The largest absolute Gasteiger partial charge is 0.347 e. The molecule has 0 atom stereocenters. The highest BCUT2D eigenvalue weighted by atomic mass is 32.1. The van der Waals surface area contributed by atoms with Gasteiger partial charge in [-0.2, -0.15) is 0 Å². The van der Waals surface area contributed by atoms with Gasteiger partial charge >= 0.3 is 0 Å². The molecule has 3 aromatic rings. The van der Waals surface area contributed by atoms with Crippen molar-refractivity contribution in [3.8, 4) is 0 Å². The summed E-state index contributed by atoms with van der Waals surface area (Å²) in [6.45, 7) is 7.80. The van der Waals surface area contributed by atoms with Crippen molar-refractivity contribution in [3.05, 3.63) is 59.7 Å². The normalized spacial score (nSPS) is 16.3. The van der Waals surface area contributed by atoms with Gasteiger partial charge in [0.05, 0.1) is 10.2 Å². The van der Waals surface area contributed by atoms with Gasteiger partial charge in [-0.25, -0.2) is 4.98 Å². The average Bonchev–Trinajstić information content (AvgIpc) is 2.92. The summed E-state index contributed by atoms with van der Waals surface area (Å²) in [5, 5.41) is 1.18. The Labute approximate surface area is 153 Å². The van der Waals surface area contributed by atoms with Crippen molar-refractivity contribution >= 4 is 26.7 Å². The number of rotatable bonds is 4. The van der Waals surface area contributed by atoms with Gasteiger partial charge in [-0.05, 0) is 44.0 Å². The Morgan fingerprint density at radius 3 is 2.64 bits per heavy atom. The van der Waals surface area contributed by atoms with E-state index >= 15 is 0 Å². The van der Waals surface area contributed by atoms with E-state index in [1.807, 2.05) is 11.3 Å². The zero-order valence-corrected chi connectivity index (χ0v) is 15.6. The highest BCUT2D eigenvalue weighted by molar-refractivity contribution is 7.22. The van der Waals surface area contributed by atoms with Crippen molar-refractivity contribution in [1.82, 2.24) is 9.88 Å². The van der Waals surface area contributed by atoms with Gasteiger partial charge in [0, 0.05) is 26.2 Å². The van der Waals surface area contributed by atoms with E-state index in [0.717, 1.165) is 38.1 Å². The standard InChI is InChI=1S/C21H25N3S/c1-17-7-9-18(10-8-17)11-14-23-12-4-13-24(16-15-23)21-22-19-5-2-3-6-20(19)25-21/h2-3,5-10H,4,11-16H2,1H3. The second-order valence-corrected chi connectivity index (χ2v) is 7.89. The molecule has 25 heavy (non-hydrogen) atoms. The van der Waals surface area contributed by atoms with E-state index < -0.39 is 0 Å². The molecule has 4 rings (SSSR count). The molecule has 1 aliphatic heterocycles. The Morgan fingerprint density at radius 2 is 1.80 bits per heavy atom. The van der Waals surface area contributed by atoms with Gasteiger partial charge in [0.1, 0.15) is 0 Å². The zero-order chi connectivity index (χ0) is 17.1. The van der Waals surface area contributed by atoms with Crippen LogP contribution in [0.15, 0.2) is 48.5 Å². The van der Waals surface area contributed by atoms with Crippen molar-refractivity contribution < 1.29 is 0 Å². The van der Waals surface area contributed by atoms with Crippen molar-refractivity contribution in [2.24, 2.45) is 0 Å². The molecular formula is C21H25N3S. The van der Waals surface area contributed by atoms with Gasteiger partial charge in [-0.15, -0.1) is 0 Å². The van der Waals surface area contributed by atoms with Crippen LogP contribution in [0.1, 0.15) is 17.5 Å². The summed E-state index contributed by atoms with van der Waals surface area (Å²) in [5.41, 5.74) is 3.91. The van der Waals surface area contributed by atoms with Crippen LogP contribution in [0.3, 0.4) is 0 Å². The maximum atomic E-state index is 4.83. The van der Waals surface area contributed by atoms with Gasteiger partial charge in [0.2, 0.25) is 0 Å². The second kappa shape index (κ2) is 7.54. The zero-order valence-electron chi connectivity index (χ0n) is 14.8. The molecule has 1 fully saturated rings. The topological polar surface area (TPSA) is 19.4 Å². The number of aryl methyl sites for hydroxylation is 1. The lowest BCUT2D eigenvalue weighted by molar-refractivity contribution is 0.297. The number of nitrogens with zero attached hydrogens (tertiary/aromatic N) is 3. The quantitative estimate of drug-likeness (QED) is 0.696. The molecule has 130 valence electrons. The number of anilines is 1. The Bertz CT molecular complexity index is 792. The highest BCUT2D eigenvalue weighted by Gasteiger charge is 2.17. The van der Waals surface area contributed by atoms with Crippen molar-refractivity contribution in [2.45, 2.75) is 19.8 Å². The Balaban J connectivity index is 1.35. The van der Waals surface area contributed by atoms with Gasteiger partial charge in [-0.3, -0.25) is 0 Å². The predicted molar refractivity (Wildman–Crippen MR) is 108 cm³/mol. The summed E-state index contributed by atoms with van der Waals surface area (Å²) >= 11 is 1.82. The Morgan fingerprint density at radius 1 is 0.960 bits per heavy atom. The minimum absolute atomic E-state index is 1.08. The van der Waals surface area contributed by atoms with Crippen LogP contribution in [-0.2, 0) is 6.42 Å². The van der Waals surface area contributed by atoms with Crippen molar-refractivity contribution in [1.29, 1.82) is 0 Å². The van der Waals surface area contributed by atoms with Crippen LogP contribution in [0.4, 0.5) is 5.13 Å². The minimum atomic E-state index is 1.08. The van der Waals surface area contributed by atoms with E-state index in [0.29, 0.717) is 0 Å². The van der Waals surface area contributed by atoms with Crippen LogP contribution < -0.4 is 4.90 Å². The summed E-state index contributed by atoms with van der Waals surface area (Å²) in [7, 11) is 0. The summed E-state index contributed by atoms with van der Waals surface area (Å²) in [6.07, 6.45) is 2.35. The lowest BCUT2D eigenvalue weighted by Gasteiger charge is -2.21. The van der Waals surface area contributed by atoms with E-state index in [1.165, 1.54) is 33.9 Å². The average molecular weight is 352 g/mol. The third kappa shape index (κ3) is 4.02. The number of para-hydroxylation sites is 1. The number of aromatic nitrogens is 1.